The summed E-state index contributed by atoms with van der Waals surface area (Å²) in [5, 5.41) is 20.8. The monoisotopic (exact) mass is 1810 g/mol. The van der Waals surface area contributed by atoms with Crippen LogP contribution >= 0.6 is 15.6 Å². The highest BCUT2D eigenvalue weighted by Crippen LogP contribution is 2.45. The second-order valence-corrected chi connectivity index (χ2v) is 36.4. The lowest BCUT2D eigenvalue weighted by atomic mass is 10.0. The minimum atomic E-state index is -4.95. The van der Waals surface area contributed by atoms with Gasteiger partial charge in [-0.05, 0) is 161 Å². The molecule has 16 nitrogen and oxygen atoms in total. The molecular formula is C109H184O16P2. The minimum absolute atomic E-state index is 0.0880. The van der Waals surface area contributed by atoms with Gasteiger partial charge in [0.15, 0.2) is 6.10 Å². The van der Waals surface area contributed by atoms with Crippen molar-refractivity contribution in [2.45, 2.75) is 437 Å². The Balaban J connectivity index is 4.56. The van der Waals surface area contributed by atoms with Crippen LogP contribution < -0.4 is 0 Å². The van der Waals surface area contributed by atoms with Crippen LogP contribution in [0.15, 0.2) is 194 Å². The van der Waals surface area contributed by atoms with E-state index in [4.69, 9.17) is 32.3 Å². The Morgan fingerprint density at radius 2 is 0.394 bits per heavy atom. The van der Waals surface area contributed by atoms with Crippen molar-refractivity contribution in [2.24, 2.45) is 0 Å². The third-order valence-corrected chi connectivity index (χ3v) is 23.2. The molecule has 4 N–H and O–H groups in total. The van der Waals surface area contributed by atoms with E-state index in [-0.39, 0.29) is 19.3 Å². The van der Waals surface area contributed by atoms with Gasteiger partial charge < -0.3 is 34.2 Å². The van der Waals surface area contributed by atoms with Gasteiger partial charge in [-0.1, -0.05) is 434 Å². The number of phosphoric acid groups is 2. The summed E-state index contributed by atoms with van der Waals surface area (Å²) in [6, 6.07) is 0. The molecule has 0 saturated heterocycles. The molecule has 0 bridgehead atoms. The number of rotatable bonds is 95. The first-order chi connectivity index (χ1) is 62.2. The topological polar surface area (TPSA) is 231 Å². The van der Waals surface area contributed by atoms with E-state index in [0.717, 1.165) is 186 Å². The summed E-state index contributed by atoms with van der Waals surface area (Å²) in [4.78, 5) is 59.2. The first-order valence-corrected chi connectivity index (χ1v) is 53.7. The molecule has 0 aromatic rings. The van der Waals surface area contributed by atoms with E-state index >= 15 is 0 Å². The fourth-order valence-corrected chi connectivity index (χ4v) is 15.3. The van der Waals surface area contributed by atoms with Gasteiger partial charge in [-0.2, -0.15) is 0 Å². The molecule has 5 unspecified atom stereocenters. The molecule has 18 heteroatoms. The number of esters is 3. The zero-order valence-electron chi connectivity index (χ0n) is 80.4. The second kappa shape index (κ2) is 99.4. The summed E-state index contributed by atoms with van der Waals surface area (Å²) < 4.78 is 61.7. The molecule has 0 aliphatic heterocycles. The molecule has 0 fully saturated rings. The largest absolute Gasteiger partial charge is 0.472 e. The van der Waals surface area contributed by atoms with E-state index in [1.807, 2.05) is 0 Å². The molecule has 0 aliphatic rings. The van der Waals surface area contributed by atoms with E-state index in [2.05, 4.69) is 215 Å². The van der Waals surface area contributed by atoms with Gasteiger partial charge in [0.1, 0.15) is 25.4 Å². The Morgan fingerprint density at radius 3 is 0.622 bits per heavy atom. The van der Waals surface area contributed by atoms with Gasteiger partial charge in [-0.25, -0.2) is 9.13 Å². The van der Waals surface area contributed by atoms with Crippen molar-refractivity contribution in [1.82, 2.24) is 0 Å². The number of allylic oxidation sites excluding steroid dienone is 32. The number of aliphatic hydroxyl groups excluding tert-OH is 2. The van der Waals surface area contributed by atoms with Crippen molar-refractivity contribution in [1.29, 1.82) is 0 Å². The molecule has 0 saturated carbocycles. The van der Waals surface area contributed by atoms with Crippen molar-refractivity contribution in [3.05, 3.63) is 194 Å². The average molecular weight is 1810 g/mol. The SMILES string of the molecule is CC/C=C\C/C=C\C/C=C\C/C=C\C/C=C\C/C=C\CCCCCCCCCCCCCCCCCCC(=O)OCC(O)COP(=O)(O)OCC(O)COP(=O)(O)OCC(COC(=O)CCCCCCCCCCCCCCCCCCC/C=C\C/C=C\C/C=C\C/C=C\C/C=C\CC)OC(=O)CCCCCCCCC/C=C\C/C=C\C/C=C\C/C=C\C/C=C\CC. The molecule has 127 heavy (non-hydrogen) atoms. The molecule has 5 atom stereocenters. The van der Waals surface area contributed by atoms with Gasteiger partial charge in [0, 0.05) is 19.3 Å². The number of hydrogen-bond acceptors (Lipinski definition) is 14. The van der Waals surface area contributed by atoms with Crippen LogP contribution in [-0.2, 0) is 55.8 Å². The van der Waals surface area contributed by atoms with Crippen LogP contribution in [0.5, 0.6) is 0 Å². The summed E-state index contributed by atoms with van der Waals surface area (Å²) in [6.07, 6.45) is 133. The number of carbonyl (C=O) groups excluding carboxylic acids is 3. The number of carbonyl (C=O) groups is 3. The molecule has 0 radical (unpaired) electrons. The maximum Gasteiger partial charge on any atom is 0.472 e. The molecule has 0 amide bonds. The fraction of sp³-hybridized carbons (Fsp3) is 0.679. The first kappa shape index (κ1) is 121. The van der Waals surface area contributed by atoms with Gasteiger partial charge in [0.25, 0.3) is 0 Å². The minimum Gasteiger partial charge on any atom is -0.463 e. The van der Waals surface area contributed by atoms with Crippen LogP contribution in [0.2, 0.25) is 0 Å². The van der Waals surface area contributed by atoms with Crippen molar-refractivity contribution < 1.29 is 75.8 Å². The van der Waals surface area contributed by atoms with Crippen molar-refractivity contribution in [2.75, 3.05) is 39.6 Å². The lowest BCUT2D eigenvalue weighted by Crippen LogP contribution is -2.30. The van der Waals surface area contributed by atoms with Gasteiger partial charge in [-0.3, -0.25) is 32.5 Å². The third kappa shape index (κ3) is 101. The molecule has 0 aromatic carbocycles. The normalized spacial score (nSPS) is 14.5. The predicted molar refractivity (Wildman–Crippen MR) is 537 cm³/mol. The molecule has 0 heterocycles. The Labute approximate surface area is 776 Å². The van der Waals surface area contributed by atoms with Gasteiger partial charge >= 0.3 is 33.6 Å². The van der Waals surface area contributed by atoms with Crippen molar-refractivity contribution >= 4 is 33.6 Å². The second-order valence-electron chi connectivity index (χ2n) is 33.5. The maximum atomic E-state index is 13.1. The highest BCUT2D eigenvalue weighted by Gasteiger charge is 2.30. The number of ether oxygens (including phenoxy) is 3. The Hall–Kier alpha value is -5.61. The van der Waals surface area contributed by atoms with E-state index in [9.17, 15) is 43.5 Å². The Bertz CT molecular complexity index is 3090. The molecule has 0 aliphatic carbocycles. The summed E-state index contributed by atoms with van der Waals surface area (Å²) >= 11 is 0. The zero-order valence-corrected chi connectivity index (χ0v) is 82.2. The van der Waals surface area contributed by atoms with Gasteiger partial charge in [0.2, 0.25) is 0 Å². The van der Waals surface area contributed by atoms with Crippen LogP contribution in [-0.4, -0.2) is 95.9 Å². The van der Waals surface area contributed by atoms with E-state index in [0.29, 0.717) is 19.3 Å². The van der Waals surface area contributed by atoms with Crippen LogP contribution in [0.3, 0.4) is 0 Å². The first-order valence-electron chi connectivity index (χ1n) is 50.7. The summed E-state index contributed by atoms with van der Waals surface area (Å²) in [5.74, 6) is -1.58. The lowest BCUT2D eigenvalue weighted by Gasteiger charge is -2.21. The molecule has 0 aromatic heterocycles. The summed E-state index contributed by atoms with van der Waals surface area (Å²) in [6.45, 7) is 2.39. The quantitative estimate of drug-likeness (QED) is 0.0146. The van der Waals surface area contributed by atoms with Crippen LogP contribution in [0, 0.1) is 0 Å². The maximum absolute atomic E-state index is 13.1. The predicted octanol–water partition coefficient (Wildman–Crippen LogP) is 32.1. The van der Waals surface area contributed by atoms with Crippen molar-refractivity contribution in [3.8, 4) is 0 Å². The highest BCUT2D eigenvalue weighted by molar-refractivity contribution is 7.47. The summed E-state index contributed by atoms with van der Waals surface area (Å²) in [7, 11) is -9.82. The number of hydrogen-bond donors (Lipinski definition) is 4. The van der Waals surface area contributed by atoms with E-state index in [1.54, 1.807) is 0 Å². The highest BCUT2D eigenvalue weighted by atomic mass is 31.2. The van der Waals surface area contributed by atoms with Crippen molar-refractivity contribution in [3.63, 3.8) is 0 Å². The summed E-state index contributed by atoms with van der Waals surface area (Å²) in [5.41, 5.74) is 0. The third-order valence-electron chi connectivity index (χ3n) is 21.3. The van der Waals surface area contributed by atoms with Gasteiger partial charge in [0.05, 0.1) is 26.4 Å². The van der Waals surface area contributed by atoms with Gasteiger partial charge in [-0.15, -0.1) is 0 Å². The Kier molecular flexibility index (Phi) is 95.0. The smallest absolute Gasteiger partial charge is 0.463 e. The fourth-order valence-electron chi connectivity index (χ4n) is 13.8. The average Bonchev–Trinajstić information content (AvgIpc) is 0.899. The number of aliphatic hydroxyl groups is 2. The number of unbranched alkanes of at least 4 members (excludes halogenated alkanes) is 40. The van der Waals surface area contributed by atoms with Crippen LogP contribution in [0.4, 0.5) is 0 Å². The molecular weight excluding hydrogens is 1630 g/mol. The molecule has 0 rings (SSSR count). The Morgan fingerprint density at radius 1 is 0.220 bits per heavy atom. The standard InChI is InChI=1S/C109H184O16P2/c1-4-7-10-13-16-19-22-25-28-31-34-37-40-42-44-46-48-50-51-53-55-56-58-60-63-65-68-71-74-77-80-83-86-89-92-95-107(112)119-98-104(110)99-121-126(115,116)122-100-105(111)101-123-127(117,118)124-103-106(125-109(114)97-94-91-88-85-82-79-76-73-70-67-62-39-36-33-30-27-24-21-18-15-12-9-6-3)102-120-108(113)96-93-90-87-84-81-78-75-72-69-66-64-61-59-57-54-52-49-47-45-43-41-38-35-32-29-26-23-20-17-14-11-8-5-2/h7-12,16-21,25-30,34-39,42-45,48,50,67,70,104-106,110-111H,4-6,13-15,22-24,31-33,40-41,46-47,49,51-66,68-69,71-103H2,1-3H3,(H,115,116)(H,117,118)/b10-7-,11-8-,12-9-,19-16-,20-17-,21-18-,28-25-,29-26-,30-27-,37-34-,38-35-,39-36-,44-42-,45-43-,50-48-,70-67-. The van der Waals surface area contributed by atoms with Crippen LogP contribution in [0.1, 0.15) is 419 Å². The molecule has 726 valence electrons. The van der Waals surface area contributed by atoms with E-state index < -0.39 is 91.5 Å². The lowest BCUT2D eigenvalue weighted by molar-refractivity contribution is -0.161. The van der Waals surface area contributed by atoms with Crippen LogP contribution in [0.25, 0.3) is 0 Å². The molecule has 0 spiro atoms. The zero-order chi connectivity index (χ0) is 92.1. The number of phosphoric ester groups is 2. The van der Waals surface area contributed by atoms with E-state index in [1.165, 1.54) is 173 Å².